The molecule has 0 aliphatic carbocycles. The summed E-state index contributed by atoms with van der Waals surface area (Å²) in [4.78, 5) is 27.5. The molecule has 0 spiro atoms. The van der Waals surface area contributed by atoms with Crippen molar-refractivity contribution < 1.29 is 19.1 Å². The van der Waals surface area contributed by atoms with Crippen molar-refractivity contribution in [1.82, 2.24) is 20.0 Å². The van der Waals surface area contributed by atoms with Crippen molar-refractivity contribution in [2.45, 2.75) is 25.9 Å². The number of nitrogens with zero attached hydrogens (tertiary/aromatic N) is 4. The van der Waals surface area contributed by atoms with E-state index in [2.05, 4.69) is 16.5 Å². The van der Waals surface area contributed by atoms with Crippen LogP contribution in [0, 0.1) is 18.3 Å². The second-order valence-electron chi connectivity index (χ2n) is 7.78. The fourth-order valence-electron chi connectivity index (χ4n) is 4.04. The van der Waals surface area contributed by atoms with Gasteiger partial charge in [-0.3, -0.25) is 9.69 Å². The Bertz CT molecular complexity index is 1290. The third-order valence-corrected chi connectivity index (χ3v) is 5.80. The second-order valence-corrected chi connectivity index (χ2v) is 7.78. The molecule has 3 amide bonds. The molecule has 2 aromatic carbocycles. The smallest absolute Gasteiger partial charge is 0.325 e. The number of ether oxygens (including phenoxy) is 2. The van der Waals surface area contributed by atoms with Crippen LogP contribution < -0.4 is 14.8 Å². The van der Waals surface area contributed by atoms with Crippen molar-refractivity contribution in [1.29, 1.82) is 5.26 Å². The van der Waals surface area contributed by atoms with Gasteiger partial charge in [-0.25, -0.2) is 9.48 Å². The highest BCUT2D eigenvalue weighted by Gasteiger charge is 2.49. The summed E-state index contributed by atoms with van der Waals surface area (Å²) in [5, 5.41) is 17.0. The van der Waals surface area contributed by atoms with Crippen molar-refractivity contribution in [2.24, 2.45) is 0 Å². The summed E-state index contributed by atoms with van der Waals surface area (Å²) < 4.78 is 12.4. The van der Waals surface area contributed by atoms with Gasteiger partial charge in [-0.1, -0.05) is 24.3 Å². The lowest BCUT2D eigenvalue weighted by Gasteiger charge is -2.22. The lowest BCUT2D eigenvalue weighted by molar-refractivity contribution is -0.131. The van der Waals surface area contributed by atoms with E-state index in [-0.39, 0.29) is 13.3 Å². The van der Waals surface area contributed by atoms with E-state index in [1.807, 2.05) is 30.3 Å². The number of aromatic nitrogens is 2. The van der Waals surface area contributed by atoms with Crippen molar-refractivity contribution in [2.75, 3.05) is 6.79 Å². The number of para-hydroxylation sites is 1. The van der Waals surface area contributed by atoms with Crippen LogP contribution in [0.3, 0.4) is 0 Å². The van der Waals surface area contributed by atoms with Gasteiger partial charge >= 0.3 is 6.03 Å². The van der Waals surface area contributed by atoms with Crippen LogP contribution in [0.5, 0.6) is 11.5 Å². The molecule has 1 unspecified atom stereocenters. The Morgan fingerprint density at radius 1 is 1.16 bits per heavy atom. The number of fused-ring (bicyclic) bond motifs is 1. The monoisotopic (exact) mass is 429 g/mol. The lowest BCUT2D eigenvalue weighted by Crippen LogP contribution is -2.40. The van der Waals surface area contributed by atoms with Gasteiger partial charge < -0.3 is 14.8 Å². The van der Waals surface area contributed by atoms with Gasteiger partial charge in [-0.2, -0.15) is 10.4 Å². The number of imide groups is 1. The maximum Gasteiger partial charge on any atom is 0.325 e. The molecule has 1 N–H and O–H groups in total. The normalized spacial score (nSPS) is 19.2. The van der Waals surface area contributed by atoms with Crippen LogP contribution >= 0.6 is 0 Å². The maximum atomic E-state index is 13.5. The van der Waals surface area contributed by atoms with Crippen LogP contribution in [0.2, 0.25) is 0 Å². The molecule has 160 valence electrons. The third kappa shape index (κ3) is 2.88. The first-order valence-corrected chi connectivity index (χ1v) is 10.0. The third-order valence-electron chi connectivity index (χ3n) is 5.80. The topological polar surface area (TPSA) is 109 Å². The van der Waals surface area contributed by atoms with E-state index < -0.39 is 17.5 Å². The van der Waals surface area contributed by atoms with Crippen molar-refractivity contribution in [3.63, 3.8) is 0 Å². The number of nitrogens with one attached hydrogen (secondary N) is 1. The molecule has 1 aromatic heterocycles. The summed E-state index contributed by atoms with van der Waals surface area (Å²) >= 11 is 0. The number of carbonyl (C=O) groups is 2. The van der Waals surface area contributed by atoms with Crippen LogP contribution in [-0.4, -0.2) is 33.4 Å². The van der Waals surface area contributed by atoms with E-state index in [1.54, 1.807) is 36.7 Å². The molecule has 1 atom stereocenters. The van der Waals surface area contributed by atoms with E-state index in [1.165, 1.54) is 0 Å². The minimum absolute atomic E-state index is 0.0938. The quantitative estimate of drug-likeness (QED) is 0.639. The molecule has 9 nitrogen and oxygen atoms in total. The van der Waals surface area contributed by atoms with Crippen LogP contribution in [0.4, 0.5) is 4.79 Å². The second kappa shape index (κ2) is 7.13. The van der Waals surface area contributed by atoms with Crippen molar-refractivity contribution in [3.05, 3.63) is 71.0 Å². The van der Waals surface area contributed by atoms with Crippen LogP contribution in [0.15, 0.2) is 48.5 Å². The zero-order valence-electron chi connectivity index (χ0n) is 17.5. The summed E-state index contributed by atoms with van der Waals surface area (Å²) in [6.45, 7) is 3.39. The molecule has 2 aliphatic rings. The van der Waals surface area contributed by atoms with Crippen LogP contribution in [0.1, 0.15) is 29.4 Å². The molecule has 3 heterocycles. The number of nitriles is 1. The summed E-state index contributed by atoms with van der Waals surface area (Å²) in [7, 11) is 0. The first kappa shape index (κ1) is 19.6. The molecular formula is C23H19N5O4. The highest BCUT2D eigenvalue weighted by molar-refractivity contribution is 6.07. The molecule has 2 aliphatic heterocycles. The standard InChI is InChI=1S/C23H19N5O4/c1-14-17(11-24)18(28(26-14)16-6-4-3-5-7-16)12-27-21(29)23(2,25-22(27)30)15-8-9-19-20(10-15)32-13-31-19/h3-10H,12-13H2,1-2H3,(H,25,30). The van der Waals surface area contributed by atoms with E-state index >= 15 is 0 Å². The minimum atomic E-state index is -1.28. The molecule has 1 fully saturated rings. The Kier molecular flexibility index (Phi) is 4.37. The number of benzene rings is 2. The van der Waals surface area contributed by atoms with Crippen molar-refractivity contribution >= 4 is 11.9 Å². The van der Waals surface area contributed by atoms with Gasteiger partial charge in [0.1, 0.15) is 11.6 Å². The molecule has 0 saturated carbocycles. The Balaban J connectivity index is 1.52. The largest absolute Gasteiger partial charge is 0.454 e. The summed E-state index contributed by atoms with van der Waals surface area (Å²) in [6.07, 6.45) is 0. The average molecular weight is 429 g/mol. The number of amides is 3. The van der Waals surface area contributed by atoms with Crippen LogP contribution in [0.25, 0.3) is 5.69 Å². The van der Waals surface area contributed by atoms with Gasteiger partial charge in [0, 0.05) is 0 Å². The Morgan fingerprint density at radius 2 is 1.91 bits per heavy atom. The Hall–Kier alpha value is -4.32. The first-order chi connectivity index (χ1) is 15.4. The summed E-state index contributed by atoms with van der Waals surface area (Å²) in [5.41, 5.74) is 1.36. The van der Waals surface area contributed by atoms with Crippen LogP contribution in [-0.2, 0) is 16.9 Å². The van der Waals surface area contributed by atoms with Crippen molar-refractivity contribution in [3.8, 4) is 23.3 Å². The zero-order valence-corrected chi connectivity index (χ0v) is 17.5. The zero-order chi connectivity index (χ0) is 22.5. The van der Waals surface area contributed by atoms with Gasteiger partial charge in [-0.05, 0) is 43.7 Å². The number of aryl methyl sites for hydroxylation is 1. The number of urea groups is 1. The molecule has 0 bridgehead atoms. The predicted molar refractivity (Wildman–Crippen MR) is 112 cm³/mol. The Labute approximate surface area is 183 Å². The predicted octanol–water partition coefficient (Wildman–Crippen LogP) is 2.75. The van der Waals surface area contributed by atoms with E-state index in [4.69, 9.17) is 9.47 Å². The lowest BCUT2D eigenvalue weighted by atomic mass is 9.91. The van der Waals surface area contributed by atoms with E-state index in [0.29, 0.717) is 34.0 Å². The summed E-state index contributed by atoms with van der Waals surface area (Å²) in [5.74, 6) is 0.685. The van der Waals surface area contributed by atoms with E-state index in [0.717, 1.165) is 10.6 Å². The number of rotatable bonds is 4. The number of hydrogen-bond acceptors (Lipinski definition) is 6. The average Bonchev–Trinajstić information content (AvgIpc) is 3.45. The van der Waals surface area contributed by atoms with Gasteiger partial charge in [0.05, 0.1) is 29.2 Å². The maximum absolute atomic E-state index is 13.5. The van der Waals surface area contributed by atoms with E-state index in [9.17, 15) is 14.9 Å². The molecule has 32 heavy (non-hydrogen) atoms. The molecule has 3 aromatic rings. The first-order valence-electron chi connectivity index (χ1n) is 10.0. The van der Waals surface area contributed by atoms with Gasteiger partial charge in [0.15, 0.2) is 11.5 Å². The molecule has 0 radical (unpaired) electrons. The highest BCUT2D eigenvalue weighted by atomic mass is 16.7. The fourth-order valence-corrected chi connectivity index (χ4v) is 4.04. The molecule has 1 saturated heterocycles. The number of hydrogen-bond donors (Lipinski definition) is 1. The molecule has 9 heteroatoms. The molecular weight excluding hydrogens is 410 g/mol. The van der Waals surface area contributed by atoms with Gasteiger partial charge in [-0.15, -0.1) is 0 Å². The number of carbonyl (C=O) groups excluding carboxylic acids is 2. The molecule has 5 rings (SSSR count). The fraction of sp³-hybridized carbons (Fsp3) is 0.217. The summed E-state index contributed by atoms with van der Waals surface area (Å²) in [6, 6.07) is 16.0. The minimum Gasteiger partial charge on any atom is -0.454 e. The highest BCUT2D eigenvalue weighted by Crippen LogP contribution is 2.38. The van der Waals surface area contributed by atoms with Gasteiger partial charge in [0.25, 0.3) is 5.91 Å². The Morgan fingerprint density at radius 3 is 2.66 bits per heavy atom. The SMILES string of the molecule is Cc1nn(-c2ccccc2)c(CN2C(=O)NC(C)(c3ccc4c(c3)OCO4)C2=O)c1C#N. The van der Waals surface area contributed by atoms with Gasteiger partial charge in [0.2, 0.25) is 6.79 Å².